The van der Waals surface area contributed by atoms with Crippen molar-refractivity contribution >= 4 is 40.6 Å². The number of rotatable bonds is 9. The van der Waals surface area contributed by atoms with Gasteiger partial charge in [-0.05, 0) is 43.3 Å². The molecule has 0 spiro atoms. The van der Waals surface area contributed by atoms with Crippen LogP contribution in [0.1, 0.15) is 23.3 Å². The van der Waals surface area contributed by atoms with Crippen molar-refractivity contribution in [2.45, 2.75) is 32.4 Å². The van der Waals surface area contributed by atoms with Gasteiger partial charge in [0, 0.05) is 23.7 Å². The van der Waals surface area contributed by atoms with Crippen molar-refractivity contribution < 1.29 is 14.3 Å². The number of nitrogens with one attached hydrogen (secondary N) is 1. The van der Waals surface area contributed by atoms with Crippen LogP contribution in [0.25, 0.3) is 0 Å². The maximum Gasteiger partial charge on any atom is 0.234 e. The van der Waals surface area contributed by atoms with Crippen LogP contribution >= 0.6 is 23.1 Å². The molecular weight excluding hydrogens is 392 g/mol. The number of thioether (sulfide) groups is 1. The number of ether oxygens (including phenoxy) is 1. The Balaban J connectivity index is 1.46. The normalized spacial score (nSPS) is 16.1. The molecule has 1 aromatic heterocycles. The fourth-order valence-electron chi connectivity index (χ4n) is 3.04. The molecule has 150 valence electrons. The molecule has 2 amide bonds. The Kier molecular flexibility index (Phi) is 7.94. The largest absolute Gasteiger partial charge is 0.376 e. The van der Waals surface area contributed by atoms with Crippen LogP contribution in [-0.2, 0) is 20.9 Å². The summed E-state index contributed by atoms with van der Waals surface area (Å²) in [5, 5.41) is 4.89. The minimum absolute atomic E-state index is 0.0528. The first-order valence-corrected chi connectivity index (χ1v) is 11.5. The van der Waals surface area contributed by atoms with E-state index in [-0.39, 0.29) is 23.7 Å². The van der Waals surface area contributed by atoms with Gasteiger partial charge >= 0.3 is 0 Å². The van der Waals surface area contributed by atoms with Crippen LogP contribution in [0, 0.1) is 6.92 Å². The van der Waals surface area contributed by atoms with Crippen LogP contribution in [0.15, 0.2) is 41.8 Å². The van der Waals surface area contributed by atoms with E-state index in [2.05, 4.69) is 5.32 Å². The van der Waals surface area contributed by atoms with Gasteiger partial charge in [0.2, 0.25) is 11.8 Å². The Morgan fingerprint density at radius 2 is 2.07 bits per heavy atom. The minimum Gasteiger partial charge on any atom is -0.376 e. The van der Waals surface area contributed by atoms with E-state index >= 15 is 0 Å². The van der Waals surface area contributed by atoms with Crippen LogP contribution in [-0.4, -0.2) is 47.5 Å². The number of carbonyl (C=O) groups excluding carboxylic acids is 2. The van der Waals surface area contributed by atoms with E-state index in [0.717, 1.165) is 35.6 Å². The third kappa shape index (κ3) is 6.65. The third-order valence-corrected chi connectivity index (χ3v) is 6.30. The van der Waals surface area contributed by atoms with Gasteiger partial charge < -0.3 is 15.0 Å². The topological polar surface area (TPSA) is 58.6 Å². The van der Waals surface area contributed by atoms with Gasteiger partial charge in [-0.2, -0.15) is 0 Å². The van der Waals surface area contributed by atoms with Crippen molar-refractivity contribution in [3.8, 4) is 0 Å². The van der Waals surface area contributed by atoms with E-state index < -0.39 is 0 Å². The monoisotopic (exact) mass is 418 g/mol. The molecule has 7 heteroatoms. The summed E-state index contributed by atoms with van der Waals surface area (Å²) in [5.41, 5.74) is 1.93. The molecular formula is C21H26N2O3S2. The Hall–Kier alpha value is -1.83. The number of amides is 2. The Morgan fingerprint density at radius 1 is 1.25 bits per heavy atom. The highest BCUT2D eigenvalue weighted by Crippen LogP contribution is 2.18. The molecule has 0 saturated carbocycles. The summed E-state index contributed by atoms with van der Waals surface area (Å²) in [6.45, 7) is 4.00. The van der Waals surface area contributed by atoms with Crippen molar-refractivity contribution in [2.24, 2.45) is 0 Å². The number of hydrogen-bond donors (Lipinski definition) is 1. The van der Waals surface area contributed by atoms with Gasteiger partial charge in [-0.1, -0.05) is 23.8 Å². The SMILES string of the molecule is Cc1ccc(NC(=O)CSCC(=O)N(Cc2cccs2)CC2CCCO2)cc1. The fourth-order valence-corrected chi connectivity index (χ4v) is 4.47. The van der Waals surface area contributed by atoms with E-state index in [9.17, 15) is 9.59 Å². The standard InChI is InChI=1S/C21H26N2O3S2/c1-16-6-8-17(9-7-16)22-20(24)14-27-15-21(25)23(12-18-4-2-10-26-18)13-19-5-3-11-28-19/h3,5-9,11,18H,2,4,10,12-15H2,1H3,(H,22,24). The van der Waals surface area contributed by atoms with Crippen LogP contribution in [0.4, 0.5) is 5.69 Å². The van der Waals surface area contributed by atoms with E-state index in [1.165, 1.54) is 11.8 Å². The van der Waals surface area contributed by atoms with E-state index in [1.54, 1.807) is 11.3 Å². The second kappa shape index (κ2) is 10.6. The first-order valence-electron chi connectivity index (χ1n) is 9.46. The van der Waals surface area contributed by atoms with Gasteiger partial charge in [-0.3, -0.25) is 9.59 Å². The summed E-state index contributed by atoms with van der Waals surface area (Å²) in [6.07, 6.45) is 2.18. The summed E-state index contributed by atoms with van der Waals surface area (Å²) in [4.78, 5) is 27.9. The lowest BCUT2D eigenvalue weighted by molar-refractivity contribution is -0.130. The number of benzene rings is 1. The lowest BCUT2D eigenvalue weighted by atomic mass is 10.2. The summed E-state index contributed by atoms with van der Waals surface area (Å²) in [5.74, 6) is 0.508. The second-order valence-electron chi connectivity index (χ2n) is 6.90. The molecule has 28 heavy (non-hydrogen) atoms. The molecule has 1 N–H and O–H groups in total. The number of hydrogen-bond acceptors (Lipinski definition) is 5. The first kappa shape index (κ1) is 20.9. The summed E-state index contributed by atoms with van der Waals surface area (Å²) >= 11 is 3.00. The van der Waals surface area contributed by atoms with Crippen molar-refractivity contribution in [1.29, 1.82) is 0 Å². The van der Waals surface area contributed by atoms with Crippen LogP contribution in [0.3, 0.4) is 0 Å². The Bertz CT molecular complexity index is 756. The molecule has 0 aliphatic carbocycles. The zero-order chi connectivity index (χ0) is 19.8. The van der Waals surface area contributed by atoms with Gasteiger partial charge in [0.1, 0.15) is 0 Å². The van der Waals surface area contributed by atoms with E-state index in [0.29, 0.717) is 18.8 Å². The average Bonchev–Trinajstić information content (AvgIpc) is 3.37. The molecule has 2 aromatic rings. The third-order valence-electron chi connectivity index (χ3n) is 4.52. The zero-order valence-corrected chi connectivity index (χ0v) is 17.7. The minimum atomic E-state index is -0.0920. The zero-order valence-electron chi connectivity index (χ0n) is 16.1. The van der Waals surface area contributed by atoms with E-state index in [1.807, 2.05) is 53.6 Å². The number of carbonyl (C=O) groups is 2. The molecule has 1 saturated heterocycles. The molecule has 1 unspecified atom stereocenters. The van der Waals surface area contributed by atoms with E-state index in [4.69, 9.17) is 4.74 Å². The average molecular weight is 419 g/mol. The molecule has 0 bridgehead atoms. The summed E-state index contributed by atoms with van der Waals surface area (Å²) in [7, 11) is 0. The molecule has 0 radical (unpaired) electrons. The lowest BCUT2D eigenvalue weighted by Gasteiger charge is -2.25. The molecule has 1 aliphatic rings. The van der Waals surface area contributed by atoms with Gasteiger partial charge in [0.05, 0.1) is 24.2 Å². The highest BCUT2D eigenvalue weighted by molar-refractivity contribution is 8.00. The van der Waals surface area contributed by atoms with Gasteiger partial charge in [0.25, 0.3) is 0 Å². The maximum absolute atomic E-state index is 12.8. The first-order chi connectivity index (χ1) is 13.6. The van der Waals surface area contributed by atoms with Gasteiger partial charge in [-0.25, -0.2) is 0 Å². The molecule has 1 atom stereocenters. The van der Waals surface area contributed by atoms with Crippen molar-refractivity contribution in [3.05, 3.63) is 52.2 Å². The van der Waals surface area contributed by atoms with Crippen molar-refractivity contribution in [3.63, 3.8) is 0 Å². The van der Waals surface area contributed by atoms with Crippen molar-refractivity contribution in [2.75, 3.05) is 30.0 Å². The van der Waals surface area contributed by atoms with Gasteiger partial charge in [0.15, 0.2) is 0 Å². The quantitative estimate of drug-likeness (QED) is 0.670. The predicted molar refractivity (Wildman–Crippen MR) is 116 cm³/mol. The molecule has 5 nitrogen and oxygen atoms in total. The van der Waals surface area contributed by atoms with Crippen LogP contribution in [0.2, 0.25) is 0 Å². The predicted octanol–water partition coefficient (Wildman–Crippen LogP) is 3.94. The number of thiophene rings is 1. The molecule has 1 aromatic carbocycles. The smallest absolute Gasteiger partial charge is 0.234 e. The second-order valence-corrected chi connectivity index (χ2v) is 8.91. The highest BCUT2D eigenvalue weighted by Gasteiger charge is 2.23. The summed E-state index contributed by atoms with van der Waals surface area (Å²) in [6, 6.07) is 11.7. The maximum atomic E-state index is 12.8. The Labute approximate surface area is 174 Å². The number of anilines is 1. The number of aryl methyl sites for hydroxylation is 1. The van der Waals surface area contributed by atoms with Crippen LogP contribution < -0.4 is 5.32 Å². The highest BCUT2D eigenvalue weighted by atomic mass is 32.2. The van der Waals surface area contributed by atoms with Crippen molar-refractivity contribution in [1.82, 2.24) is 4.90 Å². The molecule has 2 heterocycles. The number of nitrogens with zero attached hydrogens (tertiary/aromatic N) is 1. The molecule has 3 rings (SSSR count). The Morgan fingerprint density at radius 3 is 2.75 bits per heavy atom. The fraction of sp³-hybridized carbons (Fsp3) is 0.429. The van der Waals surface area contributed by atoms with Crippen LogP contribution in [0.5, 0.6) is 0 Å². The summed E-state index contributed by atoms with van der Waals surface area (Å²) < 4.78 is 5.71. The lowest BCUT2D eigenvalue weighted by Crippen LogP contribution is -2.38. The molecule has 1 aliphatic heterocycles. The molecule has 1 fully saturated rings. The van der Waals surface area contributed by atoms with Gasteiger partial charge in [-0.15, -0.1) is 23.1 Å².